The van der Waals surface area contributed by atoms with E-state index in [0.29, 0.717) is 48.1 Å². The van der Waals surface area contributed by atoms with Gasteiger partial charge >= 0.3 is 12.6 Å². The summed E-state index contributed by atoms with van der Waals surface area (Å²) < 4.78 is 29.4. The van der Waals surface area contributed by atoms with Gasteiger partial charge in [-0.2, -0.15) is 14.0 Å². The maximum Gasteiger partial charge on any atom is 0.387 e. The summed E-state index contributed by atoms with van der Waals surface area (Å²) in [5, 5.41) is 19.1. The molecule has 1 aromatic heterocycles. The lowest BCUT2D eigenvalue weighted by atomic mass is 9.95. The Labute approximate surface area is 142 Å². The molecule has 0 bridgehead atoms. The van der Waals surface area contributed by atoms with E-state index in [2.05, 4.69) is 15.8 Å². The number of hydrogen-bond acceptors (Lipinski definition) is 5. The van der Waals surface area contributed by atoms with Crippen molar-refractivity contribution in [1.82, 2.24) is 4.98 Å². The number of carbonyl (C=O) groups is 1. The van der Waals surface area contributed by atoms with Gasteiger partial charge < -0.3 is 14.7 Å². The van der Waals surface area contributed by atoms with Crippen molar-refractivity contribution in [1.29, 1.82) is 5.26 Å². The van der Waals surface area contributed by atoms with Gasteiger partial charge in [0, 0.05) is 24.7 Å². The number of ether oxygens (including phenoxy) is 1. The van der Waals surface area contributed by atoms with Gasteiger partial charge in [0.1, 0.15) is 11.8 Å². The van der Waals surface area contributed by atoms with E-state index >= 15 is 0 Å². The highest BCUT2D eigenvalue weighted by atomic mass is 19.3. The number of aliphatic carboxylic acids is 1. The Bertz CT molecular complexity index is 843. The van der Waals surface area contributed by atoms with Crippen molar-refractivity contribution in [2.24, 2.45) is 5.92 Å². The summed E-state index contributed by atoms with van der Waals surface area (Å²) in [6, 6.07) is 6.46. The maximum atomic E-state index is 12.5. The molecule has 6 nitrogen and oxygen atoms in total. The van der Waals surface area contributed by atoms with Gasteiger partial charge in [-0.15, -0.1) is 0 Å². The molecule has 0 saturated carbocycles. The second kappa shape index (κ2) is 6.89. The topological polar surface area (TPSA) is 86.5 Å². The van der Waals surface area contributed by atoms with Crippen LogP contribution in [0.15, 0.2) is 24.4 Å². The normalized spacial score (nSPS) is 15.4. The van der Waals surface area contributed by atoms with Gasteiger partial charge in [0.2, 0.25) is 0 Å². The summed E-state index contributed by atoms with van der Waals surface area (Å²) in [5.74, 6) is -1.25. The molecule has 1 fully saturated rings. The molecular formula is C17H15F2N3O3. The van der Waals surface area contributed by atoms with Gasteiger partial charge in [-0.05, 0) is 31.0 Å². The highest BCUT2D eigenvalue weighted by molar-refractivity contribution is 5.95. The molecule has 0 aliphatic carbocycles. The van der Waals surface area contributed by atoms with Crippen molar-refractivity contribution in [2.75, 3.05) is 18.0 Å². The second-order valence-electron chi connectivity index (χ2n) is 5.79. The maximum absolute atomic E-state index is 12.5. The van der Waals surface area contributed by atoms with Crippen LogP contribution in [0.2, 0.25) is 0 Å². The largest absolute Gasteiger partial charge is 0.481 e. The number of nitrogens with zero attached hydrogens (tertiary/aromatic N) is 3. The molecule has 1 aliphatic rings. The number of fused-ring (bicyclic) bond motifs is 1. The van der Waals surface area contributed by atoms with Crippen molar-refractivity contribution < 1.29 is 23.4 Å². The fourth-order valence-corrected chi connectivity index (χ4v) is 3.11. The van der Waals surface area contributed by atoms with Crippen molar-refractivity contribution in [2.45, 2.75) is 19.5 Å². The van der Waals surface area contributed by atoms with E-state index in [1.54, 1.807) is 6.07 Å². The summed E-state index contributed by atoms with van der Waals surface area (Å²) >= 11 is 0. The van der Waals surface area contributed by atoms with Crippen molar-refractivity contribution in [3.8, 4) is 11.8 Å². The summed E-state index contributed by atoms with van der Waals surface area (Å²) in [7, 11) is 0. The Morgan fingerprint density at radius 2 is 2.12 bits per heavy atom. The molecule has 2 heterocycles. The van der Waals surface area contributed by atoms with Crippen molar-refractivity contribution in [3.05, 3.63) is 30.0 Å². The van der Waals surface area contributed by atoms with Crippen LogP contribution in [-0.4, -0.2) is 35.8 Å². The first-order chi connectivity index (χ1) is 12.0. The van der Waals surface area contributed by atoms with Crippen LogP contribution < -0.4 is 9.64 Å². The molecule has 2 aromatic rings. The van der Waals surface area contributed by atoms with Crippen LogP contribution >= 0.6 is 0 Å². The number of rotatable bonds is 4. The zero-order chi connectivity index (χ0) is 18.0. The molecule has 0 atom stereocenters. The number of halogens is 2. The molecule has 1 N–H and O–H groups in total. The van der Waals surface area contributed by atoms with Gasteiger partial charge in [-0.1, -0.05) is 0 Å². The van der Waals surface area contributed by atoms with Crippen LogP contribution in [0, 0.1) is 17.2 Å². The van der Waals surface area contributed by atoms with E-state index in [1.807, 2.05) is 4.90 Å². The van der Waals surface area contributed by atoms with Gasteiger partial charge in [0.25, 0.3) is 0 Å². The van der Waals surface area contributed by atoms with E-state index in [4.69, 9.17) is 5.11 Å². The van der Waals surface area contributed by atoms with Crippen LogP contribution in [0.5, 0.6) is 5.75 Å². The molecule has 0 radical (unpaired) electrons. The molecule has 8 heteroatoms. The minimum Gasteiger partial charge on any atom is -0.481 e. The standard InChI is InChI=1S/C17H15F2N3O3/c18-17(19)25-12-1-2-14-13(7-12)15(11(8-20)9-21-14)22-5-3-10(4-6-22)16(23)24/h1-2,7,9-10,17H,3-6H2,(H,23,24). The number of benzene rings is 1. The van der Waals surface area contributed by atoms with Crippen LogP contribution in [-0.2, 0) is 4.79 Å². The fraction of sp³-hybridized carbons (Fsp3) is 0.353. The van der Waals surface area contributed by atoms with E-state index in [0.717, 1.165) is 0 Å². The average Bonchev–Trinajstić information content (AvgIpc) is 2.60. The summed E-state index contributed by atoms with van der Waals surface area (Å²) in [5.41, 5.74) is 1.45. The Morgan fingerprint density at radius 1 is 1.40 bits per heavy atom. The van der Waals surface area contributed by atoms with Gasteiger partial charge in [0.15, 0.2) is 0 Å². The number of carboxylic acid groups (broad SMARTS) is 1. The van der Waals surface area contributed by atoms with Gasteiger partial charge in [-0.3, -0.25) is 9.78 Å². The number of carboxylic acids is 1. The van der Waals surface area contributed by atoms with Crippen LogP contribution in [0.3, 0.4) is 0 Å². The average molecular weight is 347 g/mol. The van der Waals surface area contributed by atoms with E-state index < -0.39 is 18.5 Å². The predicted octanol–water partition coefficient (Wildman–Crippen LogP) is 3.01. The van der Waals surface area contributed by atoms with Gasteiger partial charge in [0.05, 0.1) is 22.7 Å². The molecule has 3 rings (SSSR count). The zero-order valence-electron chi connectivity index (χ0n) is 13.2. The van der Waals surface area contributed by atoms with E-state index in [-0.39, 0.29) is 5.75 Å². The Balaban J connectivity index is 2.02. The lowest BCUT2D eigenvalue weighted by molar-refractivity contribution is -0.142. The first kappa shape index (κ1) is 16.9. The Hall–Kier alpha value is -2.95. The first-order valence-corrected chi connectivity index (χ1v) is 7.75. The second-order valence-corrected chi connectivity index (χ2v) is 5.79. The van der Waals surface area contributed by atoms with Crippen LogP contribution in [0.25, 0.3) is 10.9 Å². The molecule has 1 aromatic carbocycles. The number of nitriles is 1. The Kier molecular flexibility index (Phi) is 4.65. The number of alkyl halides is 2. The van der Waals surface area contributed by atoms with Crippen molar-refractivity contribution >= 4 is 22.6 Å². The summed E-state index contributed by atoms with van der Waals surface area (Å²) in [6.45, 7) is -2.02. The number of piperidine rings is 1. The number of pyridine rings is 1. The number of anilines is 1. The molecule has 130 valence electrons. The third-order valence-electron chi connectivity index (χ3n) is 4.32. The lowest BCUT2D eigenvalue weighted by Gasteiger charge is -2.33. The minimum atomic E-state index is -2.95. The minimum absolute atomic E-state index is 0.0129. The highest BCUT2D eigenvalue weighted by Crippen LogP contribution is 2.34. The molecule has 0 amide bonds. The highest BCUT2D eigenvalue weighted by Gasteiger charge is 2.27. The van der Waals surface area contributed by atoms with E-state index in [1.165, 1.54) is 18.3 Å². The molecule has 1 saturated heterocycles. The third-order valence-corrected chi connectivity index (χ3v) is 4.32. The number of aromatic nitrogens is 1. The van der Waals surface area contributed by atoms with Crippen LogP contribution in [0.4, 0.5) is 14.5 Å². The van der Waals surface area contributed by atoms with E-state index in [9.17, 15) is 18.8 Å². The quantitative estimate of drug-likeness (QED) is 0.915. The first-order valence-electron chi connectivity index (χ1n) is 7.75. The molecule has 0 unspecified atom stereocenters. The summed E-state index contributed by atoms with van der Waals surface area (Å²) in [4.78, 5) is 17.2. The molecule has 0 spiro atoms. The molecular weight excluding hydrogens is 332 g/mol. The van der Waals surface area contributed by atoms with Crippen molar-refractivity contribution in [3.63, 3.8) is 0 Å². The lowest BCUT2D eigenvalue weighted by Crippen LogP contribution is -2.36. The van der Waals surface area contributed by atoms with Crippen LogP contribution in [0.1, 0.15) is 18.4 Å². The zero-order valence-corrected chi connectivity index (χ0v) is 13.2. The fourth-order valence-electron chi connectivity index (χ4n) is 3.11. The summed E-state index contributed by atoms with van der Waals surface area (Å²) in [6.07, 6.45) is 2.35. The Morgan fingerprint density at radius 3 is 2.72 bits per heavy atom. The predicted molar refractivity (Wildman–Crippen MR) is 85.7 cm³/mol. The van der Waals surface area contributed by atoms with Gasteiger partial charge in [-0.25, -0.2) is 0 Å². The molecule has 25 heavy (non-hydrogen) atoms. The number of hydrogen-bond donors (Lipinski definition) is 1. The SMILES string of the molecule is N#Cc1cnc2ccc(OC(F)F)cc2c1N1CCC(C(=O)O)CC1. The monoisotopic (exact) mass is 347 g/mol. The molecule has 1 aliphatic heterocycles. The smallest absolute Gasteiger partial charge is 0.387 e. The third kappa shape index (κ3) is 3.45.